The van der Waals surface area contributed by atoms with Gasteiger partial charge in [0.1, 0.15) is 0 Å². The van der Waals surface area contributed by atoms with Gasteiger partial charge in [0.15, 0.2) is 5.96 Å². The second kappa shape index (κ2) is 3.74. The molecule has 3 aliphatic rings. The third kappa shape index (κ3) is 1.49. The molecule has 0 spiro atoms. The predicted octanol–water partition coefficient (Wildman–Crippen LogP) is 2.24. The minimum absolute atomic E-state index is 0.649. The highest BCUT2D eigenvalue weighted by atomic mass is 28.3. The molecule has 0 radical (unpaired) electrons. The zero-order valence-corrected chi connectivity index (χ0v) is 12.6. The molecule has 3 aliphatic heterocycles. The highest BCUT2D eigenvalue weighted by molar-refractivity contribution is 7.05. The first kappa shape index (κ1) is 11.6. The first-order valence-electron chi connectivity index (χ1n) is 7.05. The zero-order valence-electron chi connectivity index (χ0n) is 11.6. The molecule has 96 valence electrons. The van der Waals surface area contributed by atoms with E-state index >= 15 is 0 Å². The van der Waals surface area contributed by atoms with E-state index in [1.54, 1.807) is 6.04 Å². The van der Waals surface area contributed by atoms with Gasteiger partial charge in [-0.2, -0.15) is 0 Å². The maximum Gasteiger partial charge on any atom is 0.196 e. The lowest BCUT2D eigenvalue weighted by atomic mass is 10.3. The second-order valence-electron chi connectivity index (χ2n) is 6.25. The zero-order chi connectivity index (χ0) is 12.2. The summed E-state index contributed by atoms with van der Waals surface area (Å²) >= 11 is 0. The van der Waals surface area contributed by atoms with Gasteiger partial charge >= 0.3 is 0 Å². The Morgan fingerprint density at radius 3 is 2.53 bits per heavy atom. The maximum absolute atomic E-state index is 4.40. The Hall–Kier alpha value is -0.513. The van der Waals surface area contributed by atoms with Crippen LogP contribution in [0.5, 0.6) is 0 Å². The number of likely N-dealkylation sites (N-methyl/N-ethyl adjacent to an activating group) is 1. The van der Waals surface area contributed by atoms with E-state index in [0.717, 1.165) is 17.6 Å². The summed E-state index contributed by atoms with van der Waals surface area (Å²) in [5, 5.41) is 0. The molecule has 3 fully saturated rings. The van der Waals surface area contributed by atoms with Gasteiger partial charge in [-0.25, -0.2) is 0 Å². The molecular formula is C13H25N3Si. The molecule has 3 saturated heterocycles. The van der Waals surface area contributed by atoms with Gasteiger partial charge in [-0.15, -0.1) is 0 Å². The predicted molar refractivity (Wildman–Crippen MR) is 75.3 cm³/mol. The summed E-state index contributed by atoms with van der Waals surface area (Å²) in [6.45, 7) is 8.55. The first-order chi connectivity index (χ1) is 8.13. The fraction of sp³-hybridized carbons (Fsp3) is 0.923. The lowest BCUT2D eigenvalue weighted by Gasteiger charge is -2.21. The van der Waals surface area contributed by atoms with Crippen LogP contribution in [0, 0.1) is 0 Å². The van der Waals surface area contributed by atoms with Gasteiger partial charge in [0.05, 0.1) is 8.07 Å². The SMILES string of the molecule is CN=C1N(C)CCN1CCC[Si]12C(C)C1C2C. The highest BCUT2D eigenvalue weighted by Gasteiger charge is 2.82. The fourth-order valence-corrected chi connectivity index (χ4v) is 11.7. The van der Waals surface area contributed by atoms with Crippen LogP contribution in [-0.2, 0) is 0 Å². The molecule has 3 nitrogen and oxygen atoms in total. The largest absolute Gasteiger partial charge is 0.344 e. The van der Waals surface area contributed by atoms with Crippen LogP contribution in [0.4, 0.5) is 0 Å². The van der Waals surface area contributed by atoms with Crippen LogP contribution in [0.2, 0.25) is 22.7 Å². The summed E-state index contributed by atoms with van der Waals surface area (Å²) in [5.74, 6) is 1.20. The number of rotatable bonds is 4. The lowest BCUT2D eigenvalue weighted by Crippen LogP contribution is -2.32. The van der Waals surface area contributed by atoms with Crippen molar-refractivity contribution in [1.29, 1.82) is 0 Å². The Morgan fingerprint density at radius 2 is 2.00 bits per heavy atom. The molecule has 0 bridgehead atoms. The Morgan fingerprint density at radius 1 is 1.29 bits per heavy atom. The van der Waals surface area contributed by atoms with Crippen LogP contribution in [0.15, 0.2) is 4.99 Å². The van der Waals surface area contributed by atoms with Crippen molar-refractivity contribution in [2.75, 3.05) is 33.7 Å². The Labute approximate surface area is 106 Å². The Balaban J connectivity index is 1.46. The van der Waals surface area contributed by atoms with E-state index < -0.39 is 8.07 Å². The Bertz CT molecular complexity index is 345. The topological polar surface area (TPSA) is 18.8 Å². The molecule has 3 heterocycles. The van der Waals surface area contributed by atoms with Gasteiger partial charge in [0, 0.05) is 33.7 Å². The van der Waals surface area contributed by atoms with Crippen LogP contribution in [0.1, 0.15) is 20.3 Å². The minimum atomic E-state index is -0.649. The van der Waals surface area contributed by atoms with Crippen LogP contribution < -0.4 is 0 Å². The molecule has 0 aromatic carbocycles. The lowest BCUT2D eigenvalue weighted by molar-refractivity contribution is 0.458. The summed E-state index contributed by atoms with van der Waals surface area (Å²) in [4.78, 5) is 9.15. The summed E-state index contributed by atoms with van der Waals surface area (Å²) in [5.41, 5.74) is 3.55. The molecule has 0 saturated carbocycles. The summed E-state index contributed by atoms with van der Waals surface area (Å²) in [6.07, 6.45) is 1.41. The number of fused-ring (bicyclic) bond motifs is 1. The van der Waals surface area contributed by atoms with Crippen molar-refractivity contribution in [1.82, 2.24) is 9.80 Å². The van der Waals surface area contributed by atoms with Crippen molar-refractivity contribution in [2.45, 2.75) is 42.9 Å². The number of nitrogens with zero attached hydrogens (tertiary/aromatic N) is 3. The molecule has 0 aromatic heterocycles. The van der Waals surface area contributed by atoms with Gasteiger partial charge in [0.25, 0.3) is 0 Å². The fourth-order valence-electron chi connectivity index (χ4n) is 4.55. The summed E-state index contributed by atoms with van der Waals surface area (Å²) in [6, 6.07) is 1.58. The number of hydrogen-bond donors (Lipinski definition) is 0. The van der Waals surface area contributed by atoms with Gasteiger partial charge in [-0.1, -0.05) is 19.9 Å². The van der Waals surface area contributed by atoms with Crippen molar-refractivity contribution in [2.24, 2.45) is 4.99 Å². The third-order valence-corrected chi connectivity index (χ3v) is 12.5. The van der Waals surface area contributed by atoms with Crippen LogP contribution >= 0.6 is 0 Å². The minimum Gasteiger partial charge on any atom is -0.344 e. The quantitative estimate of drug-likeness (QED) is 0.714. The van der Waals surface area contributed by atoms with Crippen molar-refractivity contribution in [3.05, 3.63) is 0 Å². The molecule has 0 aromatic rings. The van der Waals surface area contributed by atoms with Gasteiger partial charge in [-0.05, 0) is 23.0 Å². The number of aliphatic imine (C=N–C) groups is 1. The van der Waals surface area contributed by atoms with Crippen molar-refractivity contribution >= 4 is 14.0 Å². The molecule has 2 unspecified atom stereocenters. The third-order valence-electron chi connectivity index (χ3n) is 5.74. The Kier molecular flexibility index (Phi) is 2.54. The molecule has 17 heavy (non-hydrogen) atoms. The van der Waals surface area contributed by atoms with Gasteiger partial charge < -0.3 is 9.80 Å². The van der Waals surface area contributed by atoms with Crippen LogP contribution in [0.3, 0.4) is 0 Å². The van der Waals surface area contributed by atoms with E-state index in [1.165, 1.54) is 31.0 Å². The van der Waals surface area contributed by atoms with Crippen molar-refractivity contribution in [3.63, 3.8) is 0 Å². The summed E-state index contributed by atoms with van der Waals surface area (Å²) < 4.78 is 0. The van der Waals surface area contributed by atoms with E-state index in [1.807, 2.05) is 7.05 Å². The number of guanidine groups is 1. The maximum atomic E-state index is 4.40. The van der Waals surface area contributed by atoms with E-state index in [4.69, 9.17) is 0 Å². The van der Waals surface area contributed by atoms with Gasteiger partial charge in [-0.3, -0.25) is 4.99 Å². The monoisotopic (exact) mass is 251 g/mol. The molecule has 0 amide bonds. The van der Waals surface area contributed by atoms with E-state index in [2.05, 4.69) is 35.7 Å². The smallest absolute Gasteiger partial charge is 0.196 e. The van der Waals surface area contributed by atoms with Crippen LogP contribution in [0.25, 0.3) is 0 Å². The van der Waals surface area contributed by atoms with Crippen molar-refractivity contribution < 1.29 is 0 Å². The average Bonchev–Trinajstić information content (AvgIpc) is 3.06. The van der Waals surface area contributed by atoms with Crippen molar-refractivity contribution in [3.8, 4) is 0 Å². The van der Waals surface area contributed by atoms with E-state index in [9.17, 15) is 0 Å². The average molecular weight is 251 g/mol. The highest BCUT2D eigenvalue weighted by Crippen LogP contribution is 2.88. The van der Waals surface area contributed by atoms with Gasteiger partial charge in [0.2, 0.25) is 0 Å². The molecule has 0 N–H and O–H groups in total. The normalized spacial score (nSPS) is 45.4. The van der Waals surface area contributed by atoms with Crippen LogP contribution in [-0.4, -0.2) is 57.6 Å². The van der Waals surface area contributed by atoms with E-state index in [-0.39, 0.29) is 0 Å². The molecule has 0 aliphatic carbocycles. The standard InChI is InChI=1S/C13H25N3Si/c1-10-12-11(2)17(10,12)9-5-6-16-8-7-15(4)13(16)14-3/h10-12H,5-9H2,1-4H3. The first-order valence-corrected chi connectivity index (χ1v) is 9.49. The molecular weight excluding hydrogens is 226 g/mol. The molecule has 3 rings (SSSR count). The summed E-state index contributed by atoms with van der Waals surface area (Å²) in [7, 11) is 3.42. The van der Waals surface area contributed by atoms with E-state index in [0.29, 0.717) is 0 Å². The molecule has 4 heteroatoms. The molecule has 2 atom stereocenters. The second-order valence-corrected chi connectivity index (χ2v) is 11.5. The number of hydrogen-bond acceptors (Lipinski definition) is 1.